The smallest absolute Gasteiger partial charge is 0.142 e. The Kier molecular flexibility index (Phi) is 5.27. The molecule has 1 N–H and O–H groups in total. The molecular weight excluding hydrogens is 287 g/mol. The van der Waals surface area contributed by atoms with E-state index < -0.39 is 5.82 Å². The minimum absolute atomic E-state index is 0.124. The van der Waals surface area contributed by atoms with Crippen LogP contribution in [-0.4, -0.2) is 25.2 Å². The zero-order valence-corrected chi connectivity index (χ0v) is 12.0. The number of ether oxygens (including phenoxy) is 1. The van der Waals surface area contributed by atoms with Crippen LogP contribution in [0.2, 0.25) is 5.02 Å². The number of hydrogen-bond acceptors (Lipinski definition) is 4. The Bertz CT molecular complexity index is 521. The van der Waals surface area contributed by atoms with Crippen LogP contribution < -0.4 is 5.32 Å². The fraction of sp³-hybridized carbons (Fsp3) is 0.308. The second-order valence-corrected chi connectivity index (χ2v) is 5.26. The molecule has 0 radical (unpaired) electrons. The lowest BCUT2D eigenvalue weighted by Crippen LogP contribution is -2.26. The summed E-state index contributed by atoms with van der Waals surface area (Å²) < 4.78 is 18.6. The van der Waals surface area contributed by atoms with Crippen molar-refractivity contribution in [3.8, 4) is 0 Å². The van der Waals surface area contributed by atoms with E-state index >= 15 is 0 Å². The molecule has 1 unspecified atom stereocenters. The highest BCUT2D eigenvalue weighted by atomic mass is 35.5. The standard InChI is InChI=1S/C13H14ClFN2OS/c1-18-6-4-16-12(13-17-5-7-19-13)9-2-3-10(14)11(15)8-9/h2-3,5,7-8,12,16H,4,6H2,1H3. The maximum atomic E-state index is 13.6. The van der Waals surface area contributed by atoms with E-state index in [0.29, 0.717) is 13.2 Å². The van der Waals surface area contributed by atoms with Gasteiger partial charge in [-0.1, -0.05) is 17.7 Å². The lowest BCUT2D eigenvalue weighted by atomic mass is 10.1. The number of nitrogens with zero attached hydrogens (tertiary/aromatic N) is 1. The van der Waals surface area contributed by atoms with Crippen LogP contribution in [0.25, 0.3) is 0 Å². The van der Waals surface area contributed by atoms with E-state index in [2.05, 4.69) is 10.3 Å². The molecule has 1 aromatic heterocycles. The largest absolute Gasteiger partial charge is 0.383 e. The van der Waals surface area contributed by atoms with Gasteiger partial charge in [-0.25, -0.2) is 9.37 Å². The van der Waals surface area contributed by atoms with Gasteiger partial charge in [-0.2, -0.15) is 0 Å². The van der Waals surface area contributed by atoms with E-state index in [-0.39, 0.29) is 11.1 Å². The van der Waals surface area contributed by atoms with Crippen molar-refractivity contribution in [3.05, 3.63) is 51.2 Å². The topological polar surface area (TPSA) is 34.1 Å². The van der Waals surface area contributed by atoms with E-state index in [0.717, 1.165) is 10.6 Å². The fourth-order valence-corrected chi connectivity index (χ4v) is 2.58. The maximum Gasteiger partial charge on any atom is 0.142 e. The first-order valence-corrected chi connectivity index (χ1v) is 7.05. The molecule has 1 atom stereocenters. The van der Waals surface area contributed by atoms with Crippen molar-refractivity contribution in [1.82, 2.24) is 10.3 Å². The summed E-state index contributed by atoms with van der Waals surface area (Å²) in [5, 5.41) is 6.21. The van der Waals surface area contributed by atoms with Crippen LogP contribution in [0, 0.1) is 5.82 Å². The van der Waals surface area contributed by atoms with E-state index in [9.17, 15) is 4.39 Å². The van der Waals surface area contributed by atoms with E-state index in [4.69, 9.17) is 16.3 Å². The van der Waals surface area contributed by atoms with E-state index in [1.807, 2.05) is 5.38 Å². The number of methoxy groups -OCH3 is 1. The Labute approximate surface area is 120 Å². The van der Waals surface area contributed by atoms with Crippen LogP contribution in [0.15, 0.2) is 29.8 Å². The molecular formula is C13H14ClFN2OS. The van der Waals surface area contributed by atoms with Gasteiger partial charge in [0.1, 0.15) is 10.8 Å². The van der Waals surface area contributed by atoms with Gasteiger partial charge < -0.3 is 10.1 Å². The molecule has 2 rings (SSSR count). The summed E-state index contributed by atoms with van der Waals surface area (Å²) in [7, 11) is 1.64. The summed E-state index contributed by atoms with van der Waals surface area (Å²) in [5.74, 6) is -0.422. The number of benzene rings is 1. The summed E-state index contributed by atoms with van der Waals surface area (Å²) in [6, 6.07) is 4.65. The quantitative estimate of drug-likeness (QED) is 0.832. The third-order valence-corrected chi connectivity index (χ3v) is 3.78. The zero-order chi connectivity index (χ0) is 13.7. The Hall–Kier alpha value is -1.01. The molecule has 19 heavy (non-hydrogen) atoms. The van der Waals surface area contributed by atoms with Crippen molar-refractivity contribution >= 4 is 22.9 Å². The summed E-state index contributed by atoms with van der Waals surface area (Å²) in [6.45, 7) is 1.24. The average Bonchev–Trinajstić information content (AvgIpc) is 2.92. The van der Waals surface area contributed by atoms with Crippen molar-refractivity contribution in [3.63, 3.8) is 0 Å². The first-order chi connectivity index (χ1) is 9.22. The molecule has 102 valence electrons. The SMILES string of the molecule is COCCNC(c1ccc(Cl)c(F)c1)c1nccs1. The van der Waals surface area contributed by atoms with Crippen molar-refractivity contribution in [2.45, 2.75) is 6.04 Å². The van der Waals surface area contributed by atoms with Gasteiger partial charge in [0.25, 0.3) is 0 Å². The lowest BCUT2D eigenvalue weighted by Gasteiger charge is -2.17. The van der Waals surface area contributed by atoms with Gasteiger partial charge in [0.15, 0.2) is 0 Å². The molecule has 0 saturated heterocycles. The lowest BCUT2D eigenvalue weighted by molar-refractivity contribution is 0.197. The number of aromatic nitrogens is 1. The summed E-state index contributed by atoms with van der Waals surface area (Å²) in [5.41, 5.74) is 0.799. The Morgan fingerprint density at radius 1 is 1.53 bits per heavy atom. The van der Waals surface area contributed by atoms with Crippen molar-refractivity contribution in [2.75, 3.05) is 20.3 Å². The third-order valence-electron chi connectivity index (χ3n) is 2.63. The molecule has 0 fully saturated rings. The average molecular weight is 301 g/mol. The minimum atomic E-state index is -0.422. The molecule has 0 aliphatic rings. The molecule has 0 saturated carbocycles. The molecule has 2 aromatic rings. The Balaban J connectivity index is 2.23. The van der Waals surface area contributed by atoms with E-state index in [1.165, 1.54) is 17.4 Å². The molecule has 6 heteroatoms. The second-order valence-electron chi connectivity index (χ2n) is 3.92. The number of nitrogens with one attached hydrogen (secondary N) is 1. The predicted molar refractivity (Wildman–Crippen MR) is 75.2 cm³/mol. The summed E-state index contributed by atoms with van der Waals surface area (Å²) >= 11 is 7.23. The van der Waals surface area contributed by atoms with Crippen LogP contribution in [0.4, 0.5) is 4.39 Å². The van der Waals surface area contributed by atoms with Crippen LogP contribution >= 0.6 is 22.9 Å². The number of halogens is 2. The number of rotatable bonds is 6. The van der Waals surface area contributed by atoms with Crippen LogP contribution in [0.5, 0.6) is 0 Å². The molecule has 0 aliphatic heterocycles. The van der Waals surface area contributed by atoms with Crippen molar-refractivity contribution in [1.29, 1.82) is 0 Å². The van der Waals surface area contributed by atoms with Crippen molar-refractivity contribution in [2.24, 2.45) is 0 Å². The number of thiazole rings is 1. The van der Waals surface area contributed by atoms with Gasteiger partial charge in [-0.05, 0) is 17.7 Å². The third kappa shape index (κ3) is 3.73. The maximum absolute atomic E-state index is 13.6. The molecule has 1 heterocycles. The van der Waals surface area contributed by atoms with Gasteiger partial charge in [-0.15, -0.1) is 11.3 Å². The highest BCUT2D eigenvalue weighted by Crippen LogP contribution is 2.26. The van der Waals surface area contributed by atoms with Crippen molar-refractivity contribution < 1.29 is 9.13 Å². The highest BCUT2D eigenvalue weighted by Gasteiger charge is 2.17. The second kappa shape index (κ2) is 6.96. The van der Waals surface area contributed by atoms with Crippen LogP contribution in [-0.2, 0) is 4.74 Å². The number of hydrogen-bond donors (Lipinski definition) is 1. The first kappa shape index (κ1) is 14.4. The molecule has 0 amide bonds. The predicted octanol–water partition coefficient (Wildman–Crippen LogP) is 3.26. The van der Waals surface area contributed by atoms with Gasteiger partial charge >= 0.3 is 0 Å². The highest BCUT2D eigenvalue weighted by molar-refractivity contribution is 7.09. The monoisotopic (exact) mass is 300 g/mol. The van der Waals surface area contributed by atoms with Gasteiger partial charge in [0.05, 0.1) is 17.7 Å². The molecule has 0 spiro atoms. The van der Waals surface area contributed by atoms with Gasteiger partial charge in [0, 0.05) is 25.2 Å². The first-order valence-electron chi connectivity index (χ1n) is 5.79. The Morgan fingerprint density at radius 2 is 2.37 bits per heavy atom. The zero-order valence-electron chi connectivity index (χ0n) is 10.4. The Morgan fingerprint density at radius 3 is 3.00 bits per heavy atom. The molecule has 0 aliphatic carbocycles. The fourth-order valence-electron chi connectivity index (χ4n) is 1.72. The van der Waals surface area contributed by atoms with Gasteiger partial charge in [0.2, 0.25) is 0 Å². The van der Waals surface area contributed by atoms with Crippen LogP contribution in [0.3, 0.4) is 0 Å². The minimum Gasteiger partial charge on any atom is -0.383 e. The summed E-state index contributed by atoms with van der Waals surface area (Å²) in [6.07, 6.45) is 1.73. The van der Waals surface area contributed by atoms with Gasteiger partial charge in [-0.3, -0.25) is 0 Å². The normalized spacial score (nSPS) is 12.6. The summed E-state index contributed by atoms with van der Waals surface area (Å²) in [4.78, 5) is 4.28. The molecule has 0 bridgehead atoms. The molecule has 1 aromatic carbocycles. The molecule has 3 nitrogen and oxygen atoms in total. The van der Waals surface area contributed by atoms with E-state index in [1.54, 1.807) is 25.4 Å². The van der Waals surface area contributed by atoms with Crippen LogP contribution in [0.1, 0.15) is 16.6 Å².